The molecule has 2 saturated carbocycles. The average molecular weight is 514 g/mol. The van der Waals surface area contributed by atoms with Gasteiger partial charge in [0.2, 0.25) is 5.91 Å². The summed E-state index contributed by atoms with van der Waals surface area (Å²) in [4.78, 5) is 13.1. The second-order valence-corrected chi connectivity index (χ2v) is 12.2. The number of hydrogen-bond acceptors (Lipinski definition) is 2. The number of benzene rings is 2. The Hall–Kier alpha value is -2.81. The Morgan fingerprint density at radius 2 is 1.68 bits per heavy atom. The SMILES string of the molecule is C=c1ccc(C(C)C)c/c1=C(/C=C\C(C)CC)C1CC2CC(C(C)C(=O)Nc3ccc(OC)cc3)CC2C1. The van der Waals surface area contributed by atoms with Crippen LogP contribution in [0.5, 0.6) is 5.75 Å². The first-order valence-electron chi connectivity index (χ1n) is 14.7. The molecule has 0 heterocycles. The second kappa shape index (κ2) is 12.4. The number of methoxy groups -OCH3 is 1. The van der Waals surface area contributed by atoms with Crippen molar-refractivity contribution in [2.75, 3.05) is 12.4 Å². The fourth-order valence-corrected chi connectivity index (χ4v) is 6.54. The summed E-state index contributed by atoms with van der Waals surface area (Å²) in [7, 11) is 1.65. The number of fused-ring (bicyclic) bond motifs is 1. The van der Waals surface area contributed by atoms with E-state index in [9.17, 15) is 4.79 Å². The van der Waals surface area contributed by atoms with E-state index in [1.54, 1.807) is 7.11 Å². The van der Waals surface area contributed by atoms with Gasteiger partial charge < -0.3 is 10.1 Å². The Labute approximate surface area is 230 Å². The lowest BCUT2D eigenvalue weighted by molar-refractivity contribution is -0.120. The van der Waals surface area contributed by atoms with E-state index in [4.69, 9.17) is 4.74 Å². The van der Waals surface area contributed by atoms with Gasteiger partial charge in [-0.2, -0.15) is 0 Å². The molecule has 2 aromatic rings. The highest BCUT2D eigenvalue weighted by Crippen LogP contribution is 2.53. The number of rotatable bonds is 9. The van der Waals surface area contributed by atoms with Gasteiger partial charge in [-0.05, 0) is 107 Å². The summed E-state index contributed by atoms with van der Waals surface area (Å²) >= 11 is 0. The lowest BCUT2D eigenvalue weighted by Gasteiger charge is -2.22. The molecule has 1 N–H and O–H groups in total. The first kappa shape index (κ1) is 28.2. The maximum atomic E-state index is 13.1. The molecule has 4 unspecified atom stereocenters. The minimum atomic E-state index is 0.0177. The number of ether oxygens (including phenoxy) is 1. The summed E-state index contributed by atoms with van der Waals surface area (Å²) in [6, 6.07) is 14.4. The summed E-state index contributed by atoms with van der Waals surface area (Å²) in [5.41, 5.74) is 3.70. The van der Waals surface area contributed by atoms with Crippen LogP contribution < -0.4 is 20.5 Å². The number of hydrogen-bond donors (Lipinski definition) is 1. The van der Waals surface area contributed by atoms with E-state index >= 15 is 0 Å². The zero-order valence-electron chi connectivity index (χ0n) is 24.3. The summed E-state index contributed by atoms with van der Waals surface area (Å²) < 4.78 is 5.23. The lowest BCUT2D eigenvalue weighted by Crippen LogP contribution is -2.28. The molecular formula is C35H47NO2. The van der Waals surface area contributed by atoms with E-state index in [0.717, 1.165) is 35.9 Å². The van der Waals surface area contributed by atoms with Crippen LogP contribution in [0.1, 0.15) is 78.2 Å². The van der Waals surface area contributed by atoms with Crippen molar-refractivity contribution in [2.45, 2.75) is 72.6 Å². The third-order valence-corrected chi connectivity index (χ3v) is 9.33. The number of allylic oxidation sites excluding steroid dienone is 2. The number of amides is 1. The Balaban J connectivity index is 1.49. The quantitative estimate of drug-likeness (QED) is 0.382. The van der Waals surface area contributed by atoms with Crippen LogP contribution in [0.3, 0.4) is 0 Å². The van der Waals surface area contributed by atoms with Crippen molar-refractivity contribution in [3.05, 3.63) is 70.6 Å². The molecule has 38 heavy (non-hydrogen) atoms. The van der Waals surface area contributed by atoms with Gasteiger partial charge in [0.15, 0.2) is 0 Å². The van der Waals surface area contributed by atoms with Crippen molar-refractivity contribution in [1.82, 2.24) is 0 Å². The van der Waals surface area contributed by atoms with Gasteiger partial charge in [-0.1, -0.05) is 78.0 Å². The van der Waals surface area contributed by atoms with Crippen molar-refractivity contribution < 1.29 is 9.53 Å². The standard InChI is InChI=1S/C35H47NO2/c1-8-23(4)9-16-33(34-21-26(22(2)3)11-10-24(34)5)30-19-28-17-27(18-29(28)20-30)25(6)35(37)36-31-12-14-32(38-7)15-13-31/h9-16,21-23,25,27-30H,5,8,17-20H2,1-4,6-7H3,(H,36,37)/b16-9-,34-33+. The maximum Gasteiger partial charge on any atom is 0.227 e. The first-order chi connectivity index (χ1) is 18.2. The fraction of sp³-hybridized carbons (Fsp3) is 0.514. The van der Waals surface area contributed by atoms with Crippen LogP contribution >= 0.6 is 0 Å². The van der Waals surface area contributed by atoms with Gasteiger partial charge in [-0.3, -0.25) is 4.79 Å². The lowest BCUT2D eigenvalue weighted by atomic mass is 9.85. The topological polar surface area (TPSA) is 38.3 Å². The molecule has 2 fully saturated rings. The van der Waals surface area contributed by atoms with Crippen molar-refractivity contribution in [3.8, 4) is 5.75 Å². The Morgan fingerprint density at radius 1 is 1.03 bits per heavy atom. The largest absolute Gasteiger partial charge is 0.497 e. The van der Waals surface area contributed by atoms with E-state index in [1.807, 2.05) is 24.3 Å². The molecule has 2 aliphatic rings. The molecule has 2 aromatic carbocycles. The summed E-state index contributed by atoms with van der Waals surface area (Å²) in [6.45, 7) is 15.6. The Kier molecular flexibility index (Phi) is 9.18. The van der Waals surface area contributed by atoms with Crippen molar-refractivity contribution in [3.63, 3.8) is 0 Å². The third kappa shape index (κ3) is 6.42. The normalized spacial score (nSPS) is 25.3. The van der Waals surface area contributed by atoms with Gasteiger partial charge in [-0.25, -0.2) is 0 Å². The molecule has 0 spiro atoms. The van der Waals surface area contributed by atoms with Gasteiger partial charge in [0.25, 0.3) is 0 Å². The zero-order chi connectivity index (χ0) is 27.4. The highest BCUT2D eigenvalue weighted by atomic mass is 16.5. The smallest absolute Gasteiger partial charge is 0.227 e. The summed E-state index contributed by atoms with van der Waals surface area (Å²) in [6.07, 6.45) is 10.7. The molecule has 4 rings (SSSR count). The molecule has 0 aromatic heterocycles. The second-order valence-electron chi connectivity index (χ2n) is 12.2. The van der Waals surface area contributed by atoms with Crippen LogP contribution in [-0.2, 0) is 4.79 Å². The molecule has 0 radical (unpaired) electrons. The highest BCUT2D eigenvalue weighted by molar-refractivity contribution is 5.92. The molecule has 0 bridgehead atoms. The molecule has 3 nitrogen and oxygen atoms in total. The Morgan fingerprint density at radius 3 is 2.26 bits per heavy atom. The molecular weight excluding hydrogens is 466 g/mol. The van der Waals surface area contributed by atoms with Crippen LogP contribution in [0.2, 0.25) is 0 Å². The number of carbonyl (C=O) groups excluding carboxylic acids is 1. The first-order valence-corrected chi connectivity index (χ1v) is 14.7. The fourth-order valence-electron chi connectivity index (χ4n) is 6.54. The minimum Gasteiger partial charge on any atom is -0.497 e. The van der Waals surface area contributed by atoms with Crippen molar-refractivity contribution in [1.29, 1.82) is 0 Å². The van der Waals surface area contributed by atoms with Gasteiger partial charge in [0.05, 0.1) is 7.11 Å². The van der Waals surface area contributed by atoms with E-state index < -0.39 is 0 Å². The monoisotopic (exact) mass is 513 g/mol. The van der Waals surface area contributed by atoms with E-state index in [1.165, 1.54) is 29.2 Å². The van der Waals surface area contributed by atoms with Crippen LogP contribution in [0.4, 0.5) is 5.69 Å². The van der Waals surface area contributed by atoms with E-state index in [2.05, 4.69) is 76.9 Å². The number of anilines is 1. The predicted molar refractivity (Wildman–Crippen MR) is 161 cm³/mol. The minimum absolute atomic E-state index is 0.0177. The van der Waals surface area contributed by atoms with Gasteiger partial charge in [0.1, 0.15) is 5.75 Å². The van der Waals surface area contributed by atoms with Crippen molar-refractivity contribution >= 4 is 23.7 Å². The van der Waals surface area contributed by atoms with Crippen LogP contribution in [0.15, 0.2) is 54.6 Å². The van der Waals surface area contributed by atoms with Gasteiger partial charge >= 0.3 is 0 Å². The van der Waals surface area contributed by atoms with Gasteiger partial charge in [0, 0.05) is 11.6 Å². The number of carbonyl (C=O) groups is 1. The van der Waals surface area contributed by atoms with Gasteiger partial charge in [-0.15, -0.1) is 0 Å². The molecule has 3 heteroatoms. The van der Waals surface area contributed by atoms with E-state index in [0.29, 0.717) is 35.5 Å². The third-order valence-electron chi connectivity index (χ3n) is 9.33. The van der Waals surface area contributed by atoms with Crippen LogP contribution in [0, 0.1) is 35.5 Å². The molecule has 1 amide bonds. The summed E-state index contributed by atoms with van der Waals surface area (Å²) in [5, 5.41) is 5.60. The summed E-state index contributed by atoms with van der Waals surface area (Å²) in [5.74, 6) is 4.45. The van der Waals surface area contributed by atoms with Crippen LogP contribution in [-0.4, -0.2) is 13.0 Å². The maximum absolute atomic E-state index is 13.1. The molecule has 0 aliphatic heterocycles. The molecule has 0 saturated heterocycles. The van der Waals surface area contributed by atoms with Crippen LogP contribution in [0.25, 0.3) is 12.2 Å². The van der Waals surface area contributed by atoms with Crippen molar-refractivity contribution in [2.24, 2.45) is 35.5 Å². The Bertz CT molecular complexity index is 1230. The zero-order valence-corrected chi connectivity index (χ0v) is 24.3. The highest BCUT2D eigenvalue weighted by Gasteiger charge is 2.44. The molecule has 4 atom stereocenters. The molecule has 204 valence electrons. The van der Waals surface area contributed by atoms with E-state index in [-0.39, 0.29) is 11.8 Å². The number of nitrogens with one attached hydrogen (secondary N) is 1. The molecule has 2 aliphatic carbocycles. The average Bonchev–Trinajstić information content (AvgIpc) is 3.49. The predicted octanol–water partition coefficient (Wildman–Crippen LogP) is 7.31.